The Labute approximate surface area is 133 Å². The summed E-state index contributed by atoms with van der Waals surface area (Å²) in [5.74, 6) is 3.25. The monoisotopic (exact) mass is 317 g/mol. The van der Waals surface area contributed by atoms with Crippen molar-refractivity contribution in [3.05, 3.63) is 40.2 Å². The molecule has 0 saturated carbocycles. The number of thiazole rings is 1. The number of nitrogens with zero attached hydrogens (tertiary/aromatic N) is 3. The van der Waals surface area contributed by atoms with Crippen LogP contribution < -0.4 is 0 Å². The molecule has 116 valence electrons. The van der Waals surface area contributed by atoms with Crippen LogP contribution in [0.4, 0.5) is 0 Å². The van der Waals surface area contributed by atoms with Crippen molar-refractivity contribution in [1.29, 1.82) is 0 Å². The molecule has 4 rings (SSSR count). The van der Waals surface area contributed by atoms with Gasteiger partial charge in [-0.2, -0.15) is 0 Å². The van der Waals surface area contributed by atoms with Crippen molar-refractivity contribution in [1.82, 2.24) is 14.8 Å². The molecular weight excluding hydrogens is 298 g/mol. The lowest BCUT2D eigenvalue weighted by molar-refractivity contribution is 0.0767. The third-order valence-corrected chi connectivity index (χ3v) is 5.26. The fourth-order valence-corrected chi connectivity index (χ4v) is 4.18. The second kappa shape index (κ2) is 5.52. The number of aryl methyl sites for hydroxylation is 1. The van der Waals surface area contributed by atoms with E-state index in [1.807, 2.05) is 23.3 Å². The van der Waals surface area contributed by atoms with Crippen LogP contribution in [0.2, 0.25) is 0 Å². The molecule has 2 fully saturated rings. The van der Waals surface area contributed by atoms with Crippen molar-refractivity contribution < 1.29 is 9.21 Å². The molecule has 0 aromatic carbocycles. The van der Waals surface area contributed by atoms with Crippen LogP contribution in [0.25, 0.3) is 0 Å². The van der Waals surface area contributed by atoms with Gasteiger partial charge in [-0.1, -0.05) is 0 Å². The summed E-state index contributed by atoms with van der Waals surface area (Å²) in [6, 6.07) is 4.07. The molecule has 2 aliphatic rings. The average Bonchev–Trinajstić information content (AvgIpc) is 3.21. The van der Waals surface area contributed by atoms with Crippen molar-refractivity contribution in [3.63, 3.8) is 0 Å². The van der Waals surface area contributed by atoms with Crippen molar-refractivity contribution in [2.45, 2.75) is 13.5 Å². The summed E-state index contributed by atoms with van der Waals surface area (Å²) in [4.78, 5) is 20.9. The molecule has 5 nitrogen and oxygen atoms in total. The van der Waals surface area contributed by atoms with Gasteiger partial charge in [0.1, 0.15) is 17.2 Å². The van der Waals surface area contributed by atoms with Gasteiger partial charge in [-0.3, -0.25) is 9.69 Å². The quantitative estimate of drug-likeness (QED) is 0.871. The molecule has 0 spiro atoms. The van der Waals surface area contributed by atoms with Crippen LogP contribution in [0.15, 0.2) is 27.4 Å². The molecule has 1 amide bonds. The highest BCUT2D eigenvalue weighted by Crippen LogP contribution is 2.32. The zero-order chi connectivity index (χ0) is 15.1. The molecule has 6 heteroatoms. The van der Waals surface area contributed by atoms with E-state index in [1.165, 1.54) is 11.3 Å². The van der Waals surface area contributed by atoms with Gasteiger partial charge in [0.2, 0.25) is 0 Å². The molecule has 0 N–H and O–H groups in total. The van der Waals surface area contributed by atoms with E-state index >= 15 is 0 Å². The van der Waals surface area contributed by atoms with Gasteiger partial charge in [0, 0.05) is 31.6 Å². The zero-order valence-corrected chi connectivity index (χ0v) is 13.4. The lowest BCUT2D eigenvalue weighted by Gasteiger charge is -2.20. The summed E-state index contributed by atoms with van der Waals surface area (Å²) < 4.78 is 5.66. The molecule has 2 aliphatic heterocycles. The van der Waals surface area contributed by atoms with Gasteiger partial charge in [-0.25, -0.2) is 4.98 Å². The third kappa shape index (κ3) is 2.57. The highest BCUT2D eigenvalue weighted by Gasteiger charge is 2.42. The van der Waals surface area contributed by atoms with Gasteiger partial charge in [-0.05, 0) is 30.9 Å². The number of furan rings is 1. The first kappa shape index (κ1) is 14.0. The molecule has 2 atom stereocenters. The van der Waals surface area contributed by atoms with E-state index in [2.05, 4.69) is 16.0 Å². The topological polar surface area (TPSA) is 49.6 Å². The van der Waals surface area contributed by atoms with Crippen LogP contribution >= 0.6 is 11.3 Å². The first-order valence-corrected chi connectivity index (χ1v) is 8.58. The van der Waals surface area contributed by atoms with Crippen LogP contribution in [0.1, 0.15) is 22.0 Å². The lowest BCUT2D eigenvalue weighted by atomic mass is 10.0. The second-order valence-electron chi connectivity index (χ2n) is 6.31. The SMILES string of the molecule is Cc1ccc(CN2C[C@@H]3CN(C(=O)c4cscn4)C[C@H]3C2)o1. The van der Waals surface area contributed by atoms with Gasteiger partial charge >= 0.3 is 0 Å². The minimum Gasteiger partial charge on any atom is -0.465 e. The highest BCUT2D eigenvalue weighted by atomic mass is 32.1. The number of likely N-dealkylation sites (tertiary alicyclic amines) is 2. The van der Waals surface area contributed by atoms with Crippen LogP contribution in [0.3, 0.4) is 0 Å². The predicted molar refractivity (Wildman–Crippen MR) is 83.7 cm³/mol. The number of carbonyl (C=O) groups is 1. The smallest absolute Gasteiger partial charge is 0.273 e. The number of fused-ring (bicyclic) bond motifs is 1. The maximum Gasteiger partial charge on any atom is 0.273 e. The Balaban J connectivity index is 1.35. The number of carbonyl (C=O) groups excluding carboxylic acids is 1. The largest absolute Gasteiger partial charge is 0.465 e. The van der Waals surface area contributed by atoms with Crippen LogP contribution in [-0.2, 0) is 6.54 Å². The Morgan fingerprint density at radius 3 is 2.68 bits per heavy atom. The highest BCUT2D eigenvalue weighted by molar-refractivity contribution is 7.07. The summed E-state index contributed by atoms with van der Waals surface area (Å²) in [6.07, 6.45) is 0. The molecule has 2 saturated heterocycles. The minimum atomic E-state index is 0.0869. The maximum atomic E-state index is 12.4. The van der Waals surface area contributed by atoms with Crippen molar-refractivity contribution in [2.75, 3.05) is 26.2 Å². The Kier molecular flexibility index (Phi) is 3.50. The molecule has 2 aromatic heterocycles. The summed E-state index contributed by atoms with van der Waals surface area (Å²) in [5.41, 5.74) is 2.31. The second-order valence-corrected chi connectivity index (χ2v) is 7.03. The molecule has 0 aliphatic carbocycles. The fraction of sp³-hybridized carbons (Fsp3) is 0.500. The zero-order valence-electron chi connectivity index (χ0n) is 12.6. The first-order chi connectivity index (χ1) is 10.7. The standard InChI is InChI=1S/C16H19N3O2S/c1-11-2-3-14(21-11)8-18-4-12-6-19(7-13(12)5-18)16(20)15-9-22-10-17-15/h2-3,9-10,12-13H,4-8H2,1H3/t12-,13-/m1/s1. The van der Waals surface area contributed by atoms with E-state index in [0.29, 0.717) is 17.5 Å². The van der Waals surface area contributed by atoms with Crippen molar-refractivity contribution in [3.8, 4) is 0 Å². The van der Waals surface area contributed by atoms with Gasteiger partial charge in [0.05, 0.1) is 12.1 Å². The molecule has 4 heterocycles. The van der Waals surface area contributed by atoms with Gasteiger partial charge in [0.15, 0.2) is 0 Å². The van der Waals surface area contributed by atoms with Crippen LogP contribution in [-0.4, -0.2) is 46.9 Å². The molecule has 22 heavy (non-hydrogen) atoms. The fourth-order valence-electron chi connectivity index (χ4n) is 3.66. The predicted octanol–water partition coefficient (Wildman–Crippen LogP) is 2.25. The van der Waals surface area contributed by atoms with E-state index in [1.54, 1.807) is 5.51 Å². The van der Waals surface area contributed by atoms with Crippen molar-refractivity contribution in [2.24, 2.45) is 11.8 Å². The minimum absolute atomic E-state index is 0.0869. The van der Waals surface area contributed by atoms with E-state index in [4.69, 9.17) is 4.42 Å². The summed E-state index contributed by atoms with van der Waals surface area (Å²) in [7, 11) is 0. The van der Waals surface area contributed by atoms with E-state index in [-0.39, 0.29) is 5.91 Å². The molecule has 0 unspecified atom stereocenters. The molecule has 2 aromatic rings. The normalized spacial score (nSPS) is 24.9. The molecular formula is C16H19N3O2S. The number of hydrogen-bond donors (Lipinski definition) is 0. The van der Waals surface area contributed by atoms with Crippen molar-refractivity contribution >= 4 is 17.2 Å². The Bertz CT molecular complexity index is 653. The number of rotatable bonds is 3. The number of aromatic nitrogens is 1. The third-order valence-electron chi connectivity index (χ3n) is 4.68. The molecule has 0 radical (unpaired) electrons. The first-order valence-electron chi connectivity index (χ1n) is 7.64. The number of hydrogen-bond acceptors (Lipinski definition) is 5. The van der Waals surface area contributed by atoms with Crippen LogP contribution in [0.5, 0.6) is 0 Å². The average molecular weight is 317 g/mol. The summed E-state index contributed by atoms with van der Waals surface area (Å²) in [5, 5.41) is 1.84. The Morgan fingerprint density at radius 2 is 2.09 bits per heavy atom. The Hall–Kier alpha value is -1.66. The van der Waals surface area contributed by atoms with E-state index < -0.39 is 0 Å². The van der Waals surface area contributed by atoms with Crippen LogP contribution in [0, 0.1) is 18.8 Å². The summed E-state index contributed by atoms with van der Waals surface area (Å²) >= 11 is 1.47. The Morgan fingerprint density at radius 1 is 1.32 bits per heavy atom. The maximum absolute atomic E-state index is 12.4. The van der Waals surface area contributed by atoms with E-state index in [0.717, 1.165) is 44.2 Å². The van der Waals surface area contributed by atoms with Gasteiger partial charge in [-0.15, -0.1) is 11.3 Å². The van der Waals surface area contributed by atoms with Gasteiger partial charge < -0.3 is 9.32 Å². The number of amides is 1. The lowest BCUT2D eigenvalue weighted by Crippen LogP contribution is -2.33. The summed E-state index contributed by atoms with van der Waals surface area (Å²) in [6.45, 7) is 6.66. The molecule has 0 bridgehead atoms. The van der Waals surface area contributed by atoms with E-state index in [9.17, 15) is 4.79 Å². The van der Waals surface area contributed by atoms with Gasteiger partial charge in [0.25, 0.3) is 5.91 Å².